The zero-order valence-electron chi connectivity index (χ0n) is 15.8. The van der Waals surface area contributed by atoms with E-state index in [0.29, 0.717) is 22.5 Å². The van der Waals surface area contributed by atoms with Crippen LogP contribution in [0.1, 0.15) is 37.0 Å². The molecule has 0 saturated heterocycles. The van der Waals surface area contributed by atoms with E-state index >= 15 is 0 Å². The first-order chi connectivity index (χ1) is 12.8. The topological polar surface area (TPSA) is 81.4 Å². The zero-order valence-corrected chi connectivity index (χ0v) is 16.6. The van der Waals surface area contributed by atoms with Gasteiger partial charge in [0.1, 0.15) is 21.9 Å². The van der Waals surface area contributed by atoms with Gasteiger partial charge in [-0.15, -0.1) is 11.3 Å². The van der Waals surface area contributed by atoms with Crippen molar-refractivity contribution in [1.82, 2.24) is 9.55 Å². The van der Waals surface area contributed by atoms with Crippen LogP contribution in [-0.2, 0) is 23.2 Å². The molecular formula is C20H22N2O4S. The second kappa shape index (κ2) is 7.15. The number of benzene rings is 1. The van der Waals surface area contributed by atoms with Gasteiger partial charge in [0.25, 0.3) is 5.56 Å². The second-order valence-electron chi connectivity index (χ2n) is 6.84. The van der Waals surface area contributed by atoms with Gasteiger partial charge in [-0.2, -0.15) is 0 Å². The highest BCUT2D eigenvalue weighted by atomic mass is 32.1. The maximum absolute atomic E-state index is 13.2. The average molecular weight is 386 g/mol. The van der Waals surface area contributed by atoms with Gasteiger partial charge in [0.05, 0.1) is 12.5 Å². The van der Waals surface area contributed by atoms with Crippen molar-refractivity contribution in [2.45, 2.75) is 39.2 Å². The molecule has 0 fully saturated rings. The molecule has 0 aliphatic carbocycles. The number of rotatable bonds is 6. The normalized spacial score (nSPS) is 11.7. The number of nitrogens with zero attached hydrogens (tertiary/aromatic N) is 2. The number of hydrogen-bond acceptors (Lipinski definition) is 5. The van der Waals surface area contributed by atoms with Crippen molar-refractivity contribution < 1.29 is 14.6 Å². The van der Waals surface area contributed by atoms with Crippen LogP contribution in [0.5, 0.6) is 5.75 Å². The summed E-state index contributed by atoms with van der Waals surface area (Å²) in [4.78, 5) is 31.4. The van der Waals surface area contributed by atoms with E-state index in [1.54, 1.807) is 7.11 Å². The van der Waals surface area contributed by atoms with Gasteiger partial charge in [-0.25, -0.2) is 9.78 Å². The van der Waals surface area contributed by atoms with Gasteiger partial charge >= 0.3 is 5.97 Å². The van der Waals surface area contributed by atoms with Crippen LogP contribution in [0.2, 0.25) is 0 Å². The van der Waals surface area contributed by atoms with E-state index in [4.69, 9.17) is 4.74 Å². The van der Waals surface area contributed by atoms with Gasteiger partial charge in [0.15, 0.2) is 0 Å². The zero-order chi connectivity index (χ0) is 19.8. The smallest absolute Gasteiger partial charge is 0.329 e. The molecular weight excluding hydrogens is 364 g/mol. The fraction of sp³-hybridized carbons (Fsp3) is 0.350. The lowest BCUT2D eigenvalue weighted by Crippen LogP contribution is -2.44. The Labute approximate surface area is 161 Å². The summed E-state index contributed by atoms with van der Waals surface area (Å²) in [5.41, 5.74) is -0.801. The molecule has 0 bridgehead atoms. The van der Waals surface area contributed by atoms with Gasteiger partial charge in [-0.1, -0.05) is 19.1 Å². The van der Waals surface area contributed by atoms with Crippen LogP contribution < -0.4 is 10.3 Å². The highest BCUT2D eigenvalue weighted by Crippen LogP contribution is 2.26. The van der Waals surface area contributed by atoms with E-state index in [1.807, 2.05) is 37.3 Å². The summed E-state index contributed by atoms with van der Waals surface area (Å²) in [7, 11) is 1.60. The number of hydrogen-bond donors (Lipinski definition) is 1. The van der Waals surface area contributed by atoms with E-state index < -0.39 is 11.5 Å². The molecule has 6 nitrogen and oxygen atoms in total. The van der Waals surface area contributed by atoms with Crippen LogP contribution in [0.3, 0.4) is 0 Å². The molecule has 3 rings (SSSR count). The van der Waals surface area contributed by atoms with Crippen LogP contribution in [0.15, 0.2) is 35.1 Å². The fourth-order valence-electron chi connectivity index (χ4n) is 2.96. The van der Waals surface area contributed by atoms with Crippen molar-refractivity contribution in [2.75, 3.05) is 7.11 Å². The summed E-state index contributed by atoms with van der Waals surface area (Å²) < 4.78 is 6.49. The standard InChI is InChI=1S/C20H22N2O4S/c1-5-14-11-15-17(27-14)21-16(10-12-6-8-13(26-4)9-7-12)22(18(15)23)20(2,3)19(24)25/h6-9,11H,5,10H2,1-4H3,(H,24,25). The number of thiophene rings is 1. The summed E-state index contributed by atoms with van der Waals surface area (Å²) >= 11 is 1.48. The molecule has 2 aromatic heterocycles. The Balaban J connectivity index is 2.21. The molecule has 0 aliphatic rings. The summed E-state index contributed by atoms with van der Waals surface area (Å²) in [5, 5.41) is 10.2. The quantitative estimate of drug-likeness (QED) is 0.702. The number of carboxylic acids is 1. The molecule has 1 aromatic carbocycles. The summed E-state index contributed by atoms with van der Waals surface area (Å²) in [6.07, 6.45) is 1.15. The molecule has 0 aliphatic heterocycles. The molecule has 27 heavy (non-hydrogen) atoms. The van der Waals surface area contributed by atoms with E-state index in [9.17, 15) is 14.7 Å². The number of fused-ring (bicyclic) bond motifs is 1. The number of ether oxygens (including phenoxy) is 1. The minimum atomic E-state index is -1.41. The number of carboxylic acid groups (broad SMARTS) is 1. The summed E-state index contributed by atoms with van der Waals surface area (Å²) in [6, 6.07) is 9.26. The minimum absolute atomic E-state index is 0.313. The molecule has 0 unspecified atom stereocenters. The Bertz CT molecular complexity index is 1050. The maximum atomic E-state index is 13.2. The highest BCUT2D eigenvalue weighted by molar-refractivity contribution is 7.18. The van der Waals surface area contributed by atoms with E-state index in [-0.39, 0.29) is 5.56 Å². The first-order valence-corrected chi connectivity index (χ1v) is 9.50. The van der Waals surface area contributed by atoms with Crippen LogP contribution in [0, 0.1) is 0 Å². The van der Waals surface area contributed by atoms with E-state index in [0.717, 1.165) is 22.6 Å². The predicted octanol–water partition coefficient (Wildman–Crippen LogP) is 3.44. The molecule has 0 amide bonds. The van der Waals surface area contributed by atoms with Crippen molar-refractivity contribution in [3.63, 3.8) is 0 Å². The van der Waals surface area contributed by atoms with Gasteiger partial charge in [-0.3, -0.25) is 9.36 Å². The van der Waals surface area contributed by atoms with Crippen LogP contribution in [0.25, 0.3) is 10.2 Å². The molecule has 0 saturated carbocycles. The van der Waals surface area contributed by atoms with Crippen molar-refractivity contribution in [1.29, 1.82) is 0 Å². The second-order valence-corrected chi connectivity index (χ2v) is 7.96. The van der Waals surface area contributed by atoms with Crippen molar-refractivity contribution in [3.8, 4) is 5.75 Å². The summed E-state index contributed by atoms with van der Waals surface area (Å²) in [6.45, 7) is 5.06. The molecule has 1 N–H and O–H groups in total. The number of aryl methyl sites for hydroxylation is 1. The third-order valence-electron chi connectivity index (χ3n) is 4.64. The Morgan fingerprint density at radius 3 is 2.52 bits per heavy atom. The lowest BCUT2D eigenvalue weighted by atomic mass is 10.0. The first-order valence-electron chi connectivity index (χ1n) is 8.69. The number of carbonyl (C=O) groups is 1. The third kappa shape index (κ3) is 3.47. The molecule has 3 aromatic rings. The van der Waals surface area contributed by atoms with E-state index in [1.165, 1.54) is 29.8 Å². The van der Waals surface area contributed by atoms with Gasteiger partial charge in [0.2, 0.25) is 0 Å². The summed E-state index contributed by atoms with van der Waals surface area (Å²) in [5.74, 6) is 0.0958. The molecule has 0 atom stereocenters. The van der Waals surface area contributed by atoms with Gasteiger partial charge in [0, 0.05) is 11.3 Å². The molecule has 0 spiro atoms. The van der Waals surface area contributed by atoms with Crippen molar-refractivity contribution in [3.05, 3.63) is 57.0 Å². The Hall–Kier alpha value is -2.67. The molecule has 7 heteroatoms. The molecule has 142 valence electrons. The predicted molar refractivity (Wildman–Crippen MR) is 106 cm³/mol. The molecule has 2 heterocycles. The lowest BCUT2D eigenvalue weighted by Gasteiger charge is -2.25. The fourth-order valence-corrected chi connectivity index (χ4v) is 3.94. The Morgan fingerprint density at radius 1 is 1.30 bits per heavy atom. The minimum Gasteiger partial charge on any atom is -0.497 e. The van der Waals surface area contributed by atoms with Crippen molar-refractivity contribution >= 4 is 27.5 Å². The first kappa shape index (κ1) is 19.1. The van der Waals surface area contributed by atoms with Crippen LogP contribution in [0.4, 0.5) is 0 Å². The monoisotopic (exact) mass is 386 g/mol. The molecule has 0 radical (unpaired) electrons. The van der Waals surface area contributed by atoms with Crippen LogP contribution >= 0.6 is 11.3 Å². The Kier molecular flexibility index (Phi) is 5.06. The number of methoxy groups -OCH3 is 1. The SMILES string of the molecule is CCc1cc2c(=O)n(C(C)(C)C(=O)O)c(Cc3ccc(OC)cc3)nc2s1. The third-order valence-corrected chi connectivity index (χ3v) is 5.81. The highest BCUT2D eigenvalue weighted by Gasteiger charge is 2.34. The maximum Gasteiger partial charge on any atom is 0.329 e. The van der Waals surface area contributed by atoms with E-state index in [2.05, 4.69) is 4.98 Å². The largest absolute Gasteiger partial charge is 0.497 e. The lowest BCUT2D eigenvalue weighted by molar-refractivity contribution is -0.146. The average Bonchev–Trinajstić information content (AvgIpc) is 3.05. The van der Waals surface area contributed by atoms with Crippen molar-refractivity contribution in [2.24, 2.45) is 0 Å². The van der Waals surface area contributed by atoms with Gasteiger partial charge < -0.3 is 9.84 Å². The Morgan fingerprint density at radius 2 is 1.96 bits per heavy atom. The van der Waals surface area contributed by atoms with Crippen LogP contribution in [-0.4, -0.2) is 27.7 Å². The number of aromatic nitrogens is 2. The van der Waals surface area contributed by atoms with Gasteiger partial charge in [-0.05, 0) is 44.0 Å². The number of aliphatic carboxylic acids is 1.